The number of nitrogens with zero attached hydrogens (tertiary/aromatic N) is 2. The molecule has 0 unspecified atom stereocenters. The van der Waals surface area contributed by atoms with Crippen LogP contribution in [0.2, 0.25) is 0 Å². The molecule has 23 heavy (non-hydrogen) atoms. The Kier molecular flexibility index (Phi) is 5.49. The van der Waals surface area contributed by atoms with E-state index in [9.17, 15) is 13.2 Å². The molecule has 1 aromatic carbocycles. The molecule has 0 spiro atoms. The SMILES string of the molecule is CCCNC(=O)CCNc1ncnc2ccc(S(C)(=O)=O)cc12. The third kappa shape index (κ3) is 4.62. The Labute approximate surface area is 135 Å². The van der Waals surface area contributed by atoms with Crippen LogP contribution in [0.4, 0.5) is 5.82 Å². The summed E-state index contributed by atoms with van der Waals surface area (Å²) in [5.41, 5.74) is 0.644. The maximum Gasteiger partial charge on any atom is 0.221 e. The molecule has 0 aliphatic heterocycles. The summed E-state index contributed by atoms with van der Waals surface area (Å²) in [5.74, 6) is 0.485. The van der Waals surface area contributed by atoms with Crippen LogP contribution in [-0.2, 0) is 14.6 Å². The van der Waals surface area contributed by atoms with E-state index in [1.165, 1.54) is 12.4 Å². The van der Waals surface area contributed by atoms with Gasteiger partial charge in [0, 0.05) is 31.2 Å². The third-order valence-electron chi connectivity index (χ3n) is 3.25. The molecule has 0 fully saturated rings. The van der Waals surface area contributed by atoms with Gasteiger partial charge in [-0.05, 0) is 24.6 Å². The van der Waals surface area contributed by atoms with Crippen LogP contribution in [0.15, 0.2) is 29.4 Å². The minimum absolute atomic E-state index is 0.0328. The van der Waals surface area contributed by atoms with E-state index in [0.29, 0.717) is 36.2 Å². The highest BCUT2D eigenvalue weighted by molar-refractivity contribution is 7.90. The van der Waals surface area contributed by atoms with Crippen LogP contribution in [0.3, 0.4) is 0 Å². The van der Waals surface area contributed by atoms with Crippen molar-refractivity contribution < 1.29 is 13.2 Å². The number of sulfone groups is 1. The summed E-state index contributed by atoms with van der Waals surface area (Å²) in [5, 5.41) is 6.48. The molecule has 0 saturated carbocycles. The maximum absolute atomic E-state index is 11.7. The second-order valence-corrected chi connectivity index (χ2v) is 7.22. The number of carbonyl (C=O) groups is 1. The predicted molar refractivity (Wildman–Crippen MR) is 89.1 cm³/mol. The first-order valence-corrected chi connectivity index (χ1v) is 9.26. The second-order valence-electron chi connectivity index (χ2n) is 5.20. The zero-order valence-electron chi connectivity index (χ0n) is 13.2. The topological polar surface area (TPSA) is 101 Å². The fraction of sp³-hybridized carbons (Fsp3) is 0.400. The van der Waals surface area contributed by atoms with Crippen LogP contribution in [0.25, 0.3) is 10.9 Å². The van der Waals surface area contributed by atoms with Crippen molar-refractivity contribution in [2.75, 3.05) is 24.7 Å². The van der Waals surface area contributed by atoms with E-state index in [-0.39, 0.29) is 10.8 Å². The highest BCUT2D eigenvalue weighted by atomic mass is 32.2. The number of anilines is 1. The Morgan fingerprint density at radius 1 is 1.22 bits per heavy atom. The van der Waals surface area contributed by atoms with Crippen molar-refractivity contribution in [1.82, 2.24) is 15.3 Å². The largest absolute Gasteiger partial charge is 0.369 e. The van der Waals surface area contributed by atoms with Crippen molar-refractivity contribution in [3.05, 3.63) is 24.5 Å². The number of rotatable bonds is 7. The Bertz CT molecular complexity index is 805. The smallest absolute Gasteiger partial charge is 0.221 e. The van der Waals surface area contributed by atoms with Crippen LogP contribution in [-0.4, -0.2) is 43.6 Å². The summed E-state index contributed by atoms with van der Waals surface area (Å²) in [6.07, 6.45) is 3.77. The molecular weight excluding hydrogens is 316 g/mol. The molecule has 8 heteroatoms. The molecule has 2 rings (SSSR count). The van der Waals surface area contributed by atoms with Gasteiger partial charge in [0.25, 0.3) is 0 Å². The lowest BCUT2D eigenvalue weighted by Gasteiger charge is -2.09. The quantitative estimate of drug-likeness (QED) is 0.792. The molecule has 124 valence electrons. The van der Waals surface area contributed by atoms with Crippen LogP contribution in [0, 0.1) is 0 Å². The Morgan fingerprint density at radius 3 is 2.70 bits per heavy atom. The predicted octanol–water partition coefficient (Wildman–Crippen LogP) is 1.36. The molecule has 2 N–H and O–H groups in total. The van der Waals surface area contributed by atoms with Gasteiger partial charge in [0.05, 0.1) is 10.4 Å². The molecule has 1 aromatic heterocycles. The molecule has 0 radical (unpaired) electrons. The number of carbonyl (C=O) groups excluding carboxylic acids is 1. The van der Waals surface area contributed by atoms with Crippen molar-refractivity contribution in [1.29, 1.82) is 0 Å². The number of amides is 1. The van der Waals surface area contributed by atoms with Gasteiger partial charge in [-0.1, -0.05) is 6.92 Å². The molecular formula is C15H20N4O3S. The molecule has 0 aliphatic rings. The number of hydrogen-bond donors (Lipinski definition) is 2. The normalized spacial score (nSPS) is 11.4. The van der Waals surface area contributed by atoms with Gasteiger partial charge in [-0.3, -0.25) is 4.79 Å². The number of aromatic nitrogens is 2. The zero-order chi connectivity index (χ0) is 16.9. The summed E-state index contributed by atoms with van der Waals surface area (Å²) >= 11 is 0. The van der Waals surface area contributed by atoms with Gasteiger partial charge in [-0.15, -0.1) is 0 Å². The van der Waals surface area contributed by atoms with Crippen LogP contribution >= 0.6 is 0 Å². The minimum Gasteiger partial charge on any atom is -0.369 e. The molecule has 0 aliphatic carbocycles. The highest BCUT2D eigenvalue weighted by Gasteiger charge is 2.11. The van der Waals surface area contributed by atoms with Gasteiger partial charge in [0.1, 0.15) is 12.1 Å². The number of fused-ring (bicyclic) bond motifs is 1. The summed E-state index contributed by atoms with van der Waals surface area (Å²) in [6.45, 7) is 3.06. The van der Waals surface area contributed by atoms with Crippen molar-refractivity contribution in [3.8, 4) is 0 Å². The van der Waals surface area contributed by atoms with Gasteiger partial charge in [-0.2, -0.15) is 0 Å². The standard InChI is InChI=1S/C15H20N4O3S/c1-3-7-16-14(20)6-8-17-15-12-9-11(23(2,21)22)4-5-13(12)18-10-19-15/h4-5,9-10H,3,6-8H2,1-2H3,(H,16,20)(H,17,18,19). The molecule has 0 bridgehead atoms. The molecule has 1 heterocycles. The van der Waals surface area contributed by atoms with E-state index < -0.39 is 9.84 Å². The average molecular weight is 336 g/mol. The third-order valence-corrected chi connectivity index (χ3v) is 4.36. The van der Waals surface area contributed by atoms with E-state index in [1.807, 2.05) is 6.92 Å². The lowest BCUT2D eigenvalue weighted by molar-refractivity contribution is -0.120. The van der Waals surface area contributed by atoms with Gasteiger partial charge in [-0.25, -0.2) is 18.4 Å². The lowest BCUT2D eigenvalue weighted by Crippen LogP contribution is -2.26. The summed E-state index contributed by atoms with van der Waals surface area (Å²) in [4.78, 5) is 20.1. The number of nitrogens with one attached hydrogen (secondary N) is 2. The van der Waals surface area contributed by atoms with Gasteiger partial charge >= 0.3 is 0 Å². The van der Waals surface area contributed by atoms with E-state index in [1.54, 1.807) is 12.1 Å². The van der Waals surface area contributed by atoms with Crippen LogP contribution in [0.5, 0.6) is 0 Å². The second kappa shape index (κ2) is 7.36. The summed E-state index contributed by atoms with van der Waals surface area (Å²) in [7, 11) is -3.30. The Balaban J connectivity index is 2.15. The summed E-state index contributed by atoms with van der Waals surface area (Å²) in [6, 6.07) is 4.71. The van der Waals surface area contributed by atoms with E-state index in [4.69, 9.17) is 0 Å². The van der Waals surface area contributed by atoms with Gasteiger partial charge in [0.2, 0.25) is 5.91 Å². The fourth-order valence-corrected chi connectivity index (χ4v) is 2.70. The molecule has 0 atom stereocenters. The van der Waals surface area contributed by atoms with E-state index in [0.717, 1.165) is 12.7 Å². The molecule has 0 saturated heterocycles. The molecule has 7 nitrogen and oxygen atoms in total. The Hall–Kier alpha value is -2.22. The van der Waals surface area contributed by atoms with Crippen molar-refractivity contribution in [2.24, 2.45) is 0 Å². The Morgan fingerprint density at radius 2 is 2.00 bits per heavy atom. The van der Waals surface area contributed by atoms with E-state index >= 15 is 0 Å². The van der Waals surface area contributed by atoms with Gasteiger partial charge < -0.3 is 10.6 Å². The van der Waals surface area contributed by atoms with Gasteiger partial charge in [0.15, 0.2) is 9.84 Å². The van der Waals surface area contributed by atoms with E-state index in [2.05, 4.69) is 20.6 Å². The number of hydrogen-bond acceptors (Lipinski definition) is 6. The fourth-order valence-electron chi connectivity index (χ4n) is 2.05. The first-order chi connectivity index (χ1) is 10.9. The first kappa shape index (κ1) is 17.1. The lowest BCUT2D eigenvalue weighted by atomic mass is 10.2. The zero-order valence-corrected chi connectivity index (χ0v) is 14.0. The maximum atomic E-state index is 11.7. The average Bonchev–Trinajstić information content (AvgIpc) is 2.51. The van der Waals surface area contributed by atoms with Crippen LogP contribution < -0.4 is 10.6 Å². The molecule has 1 amide bonds. The van der Waals surface area contributed by atoms with Crippen molar-refractivity contribution in [3.63, 3.8) is 0 Å². The number of benzene rings is 1. The first-order valence-electron chi connectivity index (χ1n) is 7.37. The highest BCUT2D eigenvalue weighted by Crippen LogP contribution is 2.22. The van der Waals surface area contributed by atoms with Crippen molar-refractivity contribution in [2.45, 2.75) is 24.7 Å². The monoisotopic (exact) mass is 336 g/mol. The minimum atomic E-state index is -3.30. The van der Waals surface area contributed by atoms with Crippen molar-refractivity contribution >= 4 is 32.5 Å². The van der Waals surface area contributed by atoms with Crippen LogP contribution in [0.1, 0.15) is 19.8 Å². The molecule has 2 aromatic rings. The summed E-state index contributed by atoms with van der Waals surface area (Å²) < 4.78 is 23.4.